The summed E-state index contributed by atoms with van der Waals surface area (Å²) in [6.45, 7) is 3.88. The lowest BCUT2D eigenvalue weighted by atomic mass is 9.90. The highest BCUT2D eigenvalue weighted by Crippen LogP contribution is 2.40. The van der Waals surface area contributed by atoms with Crippen molar-refractivity contribution in [2.45, 2.75) is 36.8 Å². The minimum absolute atomic E-state index is 0.118. The van der Waals surface area contributed by atoms with Crippen LogP contribution in [0.2, 0.25) is 0 Å². The zero-order valence-corrected chi connectivity index (χ0v) is 16.9. The van der Waals surface area contributed by atoms with E-state index in [-0.39, 0.29) is 15.8 Å². The van der Waals surface area contributed by atoms with Crippen molar-refractivity contribution < 1.29 is 13.2 Å². The zero-order chi connectivity index (χ0) is 19.4. The van der Waals surface area contributed by atoms with Crippen LogP contribution >= 0.6 is 11.3 Å². The normalized spacial score (nSPS) is 18.9. The molecule has 27 heavy (non-hydrogen) atoms. The molecule has 3 aromatic rings. The van der Waals surface area contributed by atoms with Crippen LogP contribution in [0.5, 0.6) is 5.75 Å². The minimum atomic E-state index is -3.76. The fraction of sp³-hybridized carbons (Fsp3) is 0.316. The first-order valence-electron chi connectivity index (χ1n) is 8.56. The third kappa shape index (κ3) is 3.28. The molecule has 4 rings (SSSR count). The summed E-state index contributed by atoms with van der Waals surface area (Å²) in [6.07, 6.45) is 0.518. The number of aromatic nitrogens is 1. The first kappa shape index (κ1) is 18.2. The van der Waals surface area contributed by atoms with E-state index in [1.54, 1.807) is 19.2 Å². The van der Waals surface area contributed by atoms with E-state index >= 15 is 0 Å². The summed E-state index contributed by atoms with van der Waals surface area (Å²) in [4.78, 5) is 11.9. The van der Waals surface area contributed by atoms with Gasteiger partial charge in [0.15, 0.2) is 0 Å². The van der Waals surface area contributed by atoms with Crippen LogP contribution in [0.1, 0.15) is 31.9 Å². The molecule has 6 nitrogen and oxygen atoms in total. The van der Waals surface area contributed by atoms with Gasteiger partial charge in [-0.05, 0) is 38.1 Å². The fourth-order valence-electron chi connectivity index (χ4n) is 3.44. The molecule has 0 saturated carbocycles. The number of aryl methyl sites for hydroxylation is 1. The quantitative estimate of drug-likeness (QED) is 0.727. The third-order valence-corrected chi connectivity index (χ3v) is 7.21. The number of benzene rings is 2. The monoisotopic (exact) mass is 404 g/mol. The molecule has 0 bridgehead atoms. The zero-order valence-electron chi connectivity index (χ0n) is 15.2. The summed E-state index contributed by atoms with van der Waals surface area (Å²) in [6, 6.07) is 11.8. The van der Waals surface area contributed by atoms with E-state index in [1.807, 2.05) is 38.1 Å². The molecule has 1 aliphatic heterocycles. The average Bonchev–Trinajstić information content (AvgIpc) is 2.87. The average molecular weight is 405 g/mol. The summed E-state index contributed by atoms with van der Waals surface area (Å²) in [5.41, 5.74) is 1.07. The van der Waals surface area contributed by atoms with Crippen LogP contribution in [0, 0.1) is 0 Å². The Labute approximate surface area is 161 Å². The van der Waals surface area contributed by atoms with Crippen molar-refractivity contribution in [1.29, 1.82) is 0 Å². The van der Waals surface area contributed by atoms with Gasteiger partial charge in [0.1, 0.15) is 11.4 Å². The molecule has 0 amide bonds. The van der Waals surface area contributed by atoms with E-state index in [0.29, 0.717) is 16.9 Å². The molecule has 2 heterocycles. The Morgan fingerprint density at radius 1 is 1.22 bits per heavy atom. The van der Waals surface area contributed by atoms with Crippen molar-refractivity contribution in [2.75, 3.05) is 0 Å². The van der Waals surface area contributed by atoms with Gasteiger partial charge in [0, 0.05) is 19.0 Å². The minimum Gasteiger partial charge on any atom is -0.487 e. The summed E-state index contributed by atoms with van der Waals surface area (Å²) in [7, 11) is -2.08. The standard InChI is InChI=1S/C19H20N2O4S2/c1-19(2)11-14(13-6-4-5-7-16(13)25-19)20-27(23,24)12-8-9-15-17(10-12)26-18(22)21(15)3/h4-10,14,20H,11H2,1-3H3. The molecule has 2 aromatic carbocycles. The van der Waals surface area contributed by atoms with Gasteiger partial charge in [0.2, 0.25) is 10.0 Å². The predicted octanol–water partition coefficient (Wildman–Crippen LogP) is 3.18. The van der Waals surface area contributed by atoms with Gasteiger partial charge < -0.3 is 9.30 Å². The number of nitrogens with one attached hydrogen (secondary N) is 1. The second kappa shape index (κ2) is 6.19. The molecule has 0 aliphatic carbocycles. The topological polar surface area (TPSA) is 77.4 Å². The molecule has 0 fully saturated rings. The van der Waals surface area contributed by atoms with Gasteiger partial charge in [0.05, 0.1) is 21.2 Å². The van der Waals surface area contributed by atoms with Crippen LogP contribution in [-0.4, -0.2) is 18.6 Å². The molecule has 1 unspecified atom stereocenters. The number of hydrogen-bond donors (Lipinski definition) is 1. The summed E-state index contributed by atoms with van der Waals surface area (Å²) in [5, 5.41) is 0. The van der Waals surface area contributed by atoms with Crippen LogP contribution in [0.4, 0.5) is 0 Å². The molecule has 1 aliphatic rings. The van der Waals surface area contributed by atoms with Crippen LogP contribution < -0.4 is 14.3 Å². The number of thiazole rings is 1. The van der Waals surface area contributed by atoms with Crippen molar-refractivity contribution in [1.82, 2.24) is 9.29 Å². The van der Waals surface area contributed by atoms with Gasteiger partial charge in [-0.2, -0.15) is 0 Å². The highest BCUT2D eigenvalue weighted by atomic mass is 32.2. The molecule has 142 valence electrons. The van der Waals surface area contributed by atoms with Gasteiger partial charge in [-0.3, -0.25) is 4.79 Å². The highest BCUT2D eigenvalue weighted by molar-refractivity contribution is 7.89. The van der Waals surface area contributed by atoms with E-state index in [4.69, 9.17) is 4.74 Å². The van der Waals surface area contributed by atoms with Crippen molar-refractivity contribution in [3.05, 3.63) is 57.7 Å². The number of ether oxygens (including phenoxy) is 1. The van der Waals surface area contributed by atoms with E-state index in [9.17, 15) is 13.2 Å². The molecule has 1 atom stereocenters. The highest BCUT2D eigenvalue weighted by Gasteiger charge is 2.36. The Kier molecular flexibility index (Phi) is 4.17. The Balaban J connectivity index is 1.72. The predicted molar refractivity (Wildman–Crippen MR) is 106 cm³/mol. The van der Waals surface area contributed by atoms with Crippen LogP contribution in [0.15, 0.2) is 52.2 Å². The Hall–Kier alpha value is -2.16. The van der Waals surface area contributed by atoms with E-state index in [2.05, 4.69) is 4.72 Å². The van der Waals surface area contributed by atoms with E-state index in [0.717, 1.165) is 22.4 Å². The van der Waals surface area contributed by atoms with Gasteiger partial charge in [-0.1, -0.05) is 29.5 Å². The van der Waals surface area contributed by atoms with Crippen LogP contribution in [0.3, 0.4) is 0 Å². The number of nitrogens with zero attached hydrogens (tertiary/aromatic N) is 1. The number of hydrogen-bond acceptors (Lipinski definition) is 5. The molecule has 8 heteroatoms. The van der Waals surface area contributed by atoms with Gasteiger partial charge >= 0.3 is 4.87 Å². The molecule has 0 spiro atoms. The summed E-state index contributed by atoms with van der Waals surface area (Å²) in [5.74, 6) is 0.693. The molecule has 1 N–H and O–H groups in total. The first-order chi connectivity index (χ1) is 12.7. The molecule has 0 radical (unpaired) electrons. The summed E-state index contributed by atoms with van der Waals surface area (Å²) < 4.78 is 37.0. The molecule has 1 aromatic heterocycles. The van der Waals surface area contributed by atoms with Crippen molar-refractivity contribution in [3.63, 3.8) is 0 Å². The second-order valence-electron chi connectivity index (χ2n) is 7.33. The van der Waals surface area contributed by atoms with Gasteiger partial charge in [0.25, 0.3) is 0 Å². The Morgan fingerprint density at radius 3 is 2.74 bits per heavy atom. The first-order valence-corrected chi connectivity index (χ1v) is 10.9. The SMILES string of the molecule is Cn1c(=O)sc2cc(S(=O)(=O)NC3CC(C)(C)Oc4ccccc43)ccc21. The largest absolute Gasteiger partial charge is 0.487 e. The maximum Gasteiger partial charge on any atom is 0.307 e. The molecule has 0 saturated heterocycles. The fourth-order valence-corrected chi connectivity index (χ4v) is 5.68. The third-order valence-electron chi connectivity index (χ3n) is 4.75. The lowest BCUT2D eigenvalue weighted by Gasteiger charge is -2.37. The molecular formula is C19H20N2O4S2. The number of rotatable bonds is 3. The van der Waals surface area contributed by atoms with Crippen LogP contribution in [-0.2, 0) is 17.1 Å². The van der Waals surface area contributed by atoms with Gasteiger partial charge in [-0.25, -0.2) is 13.1 Å². The number of fused-ring (bicyclic) bond motifs is 2. The maximum atomic E-state index is 13.0. The maximum absolute atomic E-state index is 13.0. The smallest absolute Gasteiger partial charge is 0.307 e. The number of sulfonamides is 1. The van der Waals surface area contributed by atoms with E-state index in [1.165, 1.54) is 10.6 Å². The van der Waals surface area contributed by atoms with Crippen molar-refractivity contribution in [3.8, 4) is 5.75 Å². The Bertz CT molecular complexity index is 1190. The lowest BCUT2D eigenvalue weighted by Crippen LogP contribution is -2.41. The van der Waals surface area contributed by atoms with Crippen molar-refractivity contribution in [2.24, 2.45) is 7.05 Å². The van der Waals surface area contributed by atoms with E-state index < -0.39 is 15.6 Å². The van der Waals surface area contributed by atoms with Gasteiger partial charge in [-0.15, -0.1) is 0 Å². The molecular weight excluding hydrogens is 384 g/mol. The van der Waals surface area contributed by atoms with Crippen LogP contribution in [0.25, 0.3) is 10.2 Å². The van der Waals surface area contributed by atoms with Crippen molar-refractivity contribution >= 4 is 31.6 Å². The lowest BCUT2D eigenvalue weighted by molar-refractivity contribution is 0.0702. The second-order valence-corrected chi connectivity index (χ2v) is 10.0. The Morgan fingerprint density at radius 2 is 1.96 bits per heavy atom. The number of para-hydroxylation sites is 1. The summed E-state index contributed by atoms with van der Waals surface area (Å²) >= 11 is 1.04.